The molecule has 1 fully saturated rings. The summed E-state index contributed by atoms with van der Waals surface area (Å²) in [4.78, 5) is 2.62. The lowest BCUT2D eigenvalue weighted by Gasteiger charge is -2.29. The molecule has 1 atom stereocenters. The van der Waals surface area contributed by atoms with Crippen LogP contribution in [0.25, 0.3) is 0 Å². The van der Waals surface area contributed by atoms with E-state index in [1.54, 1.807) is 0 Å². The van der Waals surface area contributed by atoms with Crippen LogP contribution >= 0.6 is 0 Å². The van der Waals surface area contributed by atoms with Crippen molar-refractivity contribution in [1.82, 2.24) is 5.32 Å². The van der Waals surface area contributed by atoms with E-state index in [2.05, 4.69) is 48.3 Å². The second-order valence-corrected chi connectivity index (χ2v) is 6.21. The van der Waals surface area contributed by atoms with Gasteiger partial charge in [-0.15, -0.1) is 0 Å². The van der Waals surface area contributed by atoms with Gasteiger partial charge in [-0.05, 0) is 36.3 Å². The predicted octanol–water partition coefficient (Wildman–Crippen LogP) is 3.03. The summed E-state index contributed by atoms with van der Waals surface area (Å²) in [6.07, 6.45) is 2.86. The van der Waals surface area contributed by atoms with Crippen molar-refractivity contribution in [3.05, 3.63) is 29.8 Å². The maximum Gasteiger partial charge on any atom is 0.0412 e. The Bertz CT molecular complexity index is 409. The lowest BCUT2D eigenvalue weighted by molar-refractivity contribution is 0.402. The SMILES string of the molecule is CC(C)C1CN(CC2CC2)c2ccccc2CN1. The summed E-state index contributed by atoms with van der Waals surface area (Å²) < 4.78 is 0. The Morgan fingerprint density at radius 2 is 2.06 bits per heavy atom. The third-order valence-corrected chi connectivity index (χ3v) is 4.28. The van der Waals surface area contributed by atoms with Gasteiger partial charge in [-0.25, -0.2) is 0 Å². The van der Waals surface area contributed by atoms with Crippen LogP contribution in [0.5, 0.6) is 0 Å². The molecule has 18 heavy (non-hydrogen) atoms. The lowest BCUT2D eigenvalue weighted by Crippen LogP contribution is -2.42. The minimum Gasteiger partial charge on any atom is -0.369 e. The highest BCUT2D eigenvalue weighted by atomic mass is 15.2. The van der Waals surface area contributed by atoms with E-state index in [1.807, 2.05) is 0 Å². The average molecular weight is 244 g/mol. The van der Waals surface area contributed by atoms with Crippen molar-refractivity contribution < 1.29 is 0 Å². The van der Waals surface area contributed by atoms with Gasteiger partial charge in [0, 0.05) is 31.4 Å². The van der Waals surface area contributed by atoms with E-state index >= 15 is 0 Å². The van der Waals surface area contributed by atoms with Crippen LogP contribution in [0.4, 0.5) is 5.69 Å². The summed E-state index contributed by atoms with van der Waals surface area (Å²) in [5.41, 5.74) is 2.92. The molecule has 0 aromatic heterocycles. The minimum atomic E-state index is 0.608. The first-order chi connectivity index (χ1) is 8.74. The number of nitrogens with one attached hydrogen (secondary N) is 1. The number of anilines is 1. The largest absolute Gasteiger partial charge is 0.369 e. The van der Waals surface area contributed by atoms with Gasteiger partial charge in [0.2, 0.25) is 0 Å². The maximum atomic E-state index is 3.72. The number of hydrogen-bond donors (Lipinski definition) is 1. The summed E-state index contributed by atoms with van der Waals surface area (Å²) in [7, 11) is 0. The molecule has 1 saturated carbocycles. The van der Waals surface area contributed by atoms with Crippen LogP contribution in [0.1, 0.15) is 32.3 Å². The molecule has 98 valence electrons. The molecule has 1 unspecified atom stereocenters. The van der Waals surface area contributed by atoms with Gasteiger partial charge >= 0.3 is 0 Å². The molecule has 0 radical (unpaired) electrons. The Morgan fingerprint density at radius 1 is 1.28 bits per heavy atom. The fraction of sp³-hybridized carbons (Fsp3) is 0.625. The van der Waals surface area contributed by atoms with Gasteiger partial charge in [-0.1, -0.05) is 32.0 Å². The van der Waals surface area contributed by atoms with E-state index < -0.39 is 0 Å². The molecule has 0 spiro atoms. The number of fused-ring (bicyclic) bond motifs is 1. The molecule has 0 amide bonds. The lowest BCUT2D eigenvalue weighted by atomic mass is 10.0. The second-order valence-electron chi connectivity index (χ2n) is 6.21. The van der Waals surface area contributed by atoms with Crippen LogP contribution in [0, 0.1) is 11.8 Å². The van der Waals surface area contributed by atoms with Gasteiger partial charge < -0.3 is 10.2 Å². The van der Waals surface area contributed by atoms with Crippen LogP contribution in [-0.4, -0.2) is 19.1 Å². The fourth-order valence-electron chi connectivity index (χ4n) is 2.84. The topological polar surface area (TPSA) is 15.3 Å². The Labute approximate surface area is 110 Å². The standard InChI is InChI=1S/C16H24N2/c1-12(2)15-11-18(10-13-7-8-13)16-6-4-3-5-14(16)9-17-15/h3-6,12-13,15,17H,7-11H2,1-2H3. The molecule has 3 rings (SSSR count). The van der Waals surface area contributed by atoms with Crippen molar-refractivity contribution in [3.63, 3.8) is 0 Å². The fourth-order valence-corrected chi connectivity index (χ4v) is 2.84. The number of benzene rings is 1. The molecular formula is C16H24N2. The van der Waals surface area contributed by atoms with Crippen molar-refractivity contribution in [1.29, 1.82) is 0 Å². The zero-order valence-corrected chi connectivity index (χ0v) is 11.5. The minimum absolute atomic E-state index is 0.608. The molecule has 0 saturated heterocycles. The first kappa shape index (κ1) is 12.0. The summed E-state index contributed by atoms with van der Waals surface area (Å²) in [6, 6.07) is 9.50. The van der Waals surface area contributed by atoms with Gasteiger partial charge in [0.1, 0.15) is 0 Å². The molecule has 1 aliphatic heterocycles. The number of rotatable bonds is 3. The number of nitrogens with zero attached hydrogens (tertiary/aromatic N) is 1. The molecule has 1 aromatic carbocycles. The zero-order chi connectivity index (χ0) is 12.5. The van der Waals surface area contributed by atoms with Gasteiger partial charge in [-0.2, -0.15) is 0 Å². The van der Waals surface area contributed by atoms with E-state index in [9.17, 15) is 0 Å². The van der Waals surface area contributed by atoms with Crippen molar-refractivity contribution in [2.45, 2.75) is 39.3 Å². The van der Waals surface area contributed by atoms with Crippen LogP contribution in [-0.2, 0) is 6.54 Å². The summed E-state index contributed by atoms with van der Waals surface area (Å²) >= 11 is 0. The van der Waals surface area contributed by atoms with E-state index in [0.717, 1.165) is 19.0 Å². The Kier molecular flexibility index (Phi) is 3.29. The third-order valence-electron chi connectivity index (χ3n) is 4.28. The van der Waals surface area contributed by atoms with Crippen LogP contribution < -0.4 is 10.2 Å². The summed E-state index contributed by atoms with van der Waals surface area (Å²) in [6.45, 7) is 8.07. The van der Waals surface area contributed by atoms with E-state index in [1.165, 1.54) is 30.6 Å². The smallest absolute Gasteiger partial charge is 0.0412 e. The van der Waals surface area contributed by atoms with E-state index in [4.69, 9.17) is 0 Å². The van der Waals surface area contributed by atoms with Gasteiger partial charge in [0.15, 0.2) is 0 Å². The highest BCUT2D eigenvalue weighted by Gasteiger charge is 2.29. The second kappa shape index (κ2) is 4.93. The van der Waals surface area contributed by atoms with Crippen molar-refractivity contribution in [2.24, 2.45) is 11.8 Å². The molecule has 2 heteroatoms. The molecule has 2 aliphatic rings. The highest BCUT2D eigenvalue weighted by molar-refractivity contribution is 5.54. The molecular weight excluding hydrogens is 220 g/mol. The molecule has 1 aliphatic carbocycles. The van der Waals surface area contributed by atoms with Crippen LogP contribution in [0.15, 0.2) is 24.3 Å². The number of para-hydroxylation sites is 1. The van der Waals surface area contributed by atoms with Crippen LogP contribution in [0.2, 0.25) is 0 Å². The highest BCUT2D eigenvalue weighted by Crippen LogP contribution is 2.33. The van der Waals surface area contributed by atoms with Gasteiger partial charge in [0.25, 0.3) is 0 Å². The quantitative estimate of drug-likeness (QED) is 0.879. The number of hydrogen-bond acceptors (Lipinski definition) is 2. The van der Waals surface area contributed by atoms with E-state index in [-0.39, 0.29) is 0 Å². The third kappa shape index (κ3) is 2.54. The van der Waals surface area contributed by atoms with Crippen LogP contribution in [0.3, 0.4) is 0 Å². The Balaban J connectivity index is 1.85. The van der Waals surface area contributed by atoms with Crippen molar-refractivity contribution in [3.8, 4) is 0 Å². The summed E-state index contributed by atoms with van der Waals surface area (Å²) in [5, 5.41) is 3.72. The van der Waals surface area contributed by atoms with Gasteiger partial charge in [0.05, 0.1) is 0 Å². The molecule has 1 heterocycles. The Morgan fingerprint density at radius 3 is 2.78 bits per heavy atom. The normalized spacial score (nSPS) is 23.9. The van der Waals surface area contributed by atoms with E-state index in [0.29, 0.717) is 12.0 Å². The van der Waals surface area contributed by atoms with Crippen molar-refractivity contribution in [2.75, 3.05) is 18.0 Å². The first-order valence-corrected chi connectivity index (χ1v) is 7.30. The summed E-state index contributed by atoms with van der Waals surface area (Å²) in [5.74, 6) is 1.64. The van der Waals surface area contributed by atoms with Crippen molar-refractivity contribution >= 4 is 5.69 Å². The van der Waals surface area contributed by atoms with Gasteiger partial charge in [-0.3, -0.25) is 0 Å². The predicted molar refractivity (Wildman–Crippen MR) is 76.8 cm³/mol. The molecule has 0 bridgehead atoms. The molecule has 1 N–H and O–H groups in total. The first-order valence-electron chi connectivity index (χ1n) is 7.30. The molecule has 1 aromatic rings. The monoisotopic (exact) mass is 244 g/mol. The molecule has 2 nitrogen and oxygen atoms in total. The average Bonchev–Trinajstić information content (AvgIpc) is 3.17. The maximum absolute atomic E-state index is 3.72. The zero-order valence-electron chi connectivity index (χ0n) is 11.5. The Hall–Kier alpha value is -1.02.